The third-order valence-corrected chi connectivity index (χ3v) is 5.91. The van der Waals surface area contributed by atoms with Crippen molar-refractivity contribution in [2.24, 2.45) is 5.92 Å². The van der Waals surface area contributed by atoms with Gasteiger partial charge in [-0.1, -0.05) is 17.4 Å². The van der Waals surface area contributed by atoms with E-state index >= 15 is 0 Å². The van der Waals surface area contributed by atoms with Gasteiger partial charge in [0.15, 0.2) is 5.13 Å². The zero-order chi connectivity index (χ0) is 21.8. The number of piperidine rings is 1. The number of nitrogens with one attached hydrogen (secondary N) is 1. The van der Waals surface area contributed by atoms with Crippen LogP contribution in [-0.2, 0) is 4.79 Å². The van der Waals surface area contributed by atoms with Gasteiger partial charge in [-0.2, -0.15) is 5.26 Å². The first kappa shape index (κ1) is 20.4. The molecular formula is C21H18N6O3S. The summed E-state index contributed by atoms with van der Waals surface area (Å²) in [5.41, 5.74) is 1.35. The van der Waals surface area contributed by atoms with E-state index in [1.807, 2.05) is 4.90 Å². The number of carbonyl (C=O) groups excluding carboxylic acids is 1. The Morgan fingerprint density at radius 1 is 1.19 bits per heavy atom. The zero-order valence-corrected chi connectivity index (χ0v) is 17.2. The number of carboxylic acids is 1. The summed E-state index contributed by atoms with van der Waals surface area (Å²) in [6.45, 7) is 1.23. The molecule has 4 heterocycles. The molecule has 2 N–H and O–H groups in total. The van der Waals surface area contributed by atoms with Crippen LogP contribution in [0.3, 0.4) is 0 Å². The van der Waals surface area contributed by atoms with Crippen molar-refractivity contribution in [1.29, 1.82) is 5.26 Å². The summed E-state index contributed by atoms with van der Waals surface area (Å²) in [5, 5.41) is 21.5. The van der Waals surface area contributed by atoms with Crippen LogP contribution in [0.2, 0.25) is 0 Å². The average Bonchev–Trinajstić information content (AvgIpc) is 3.22. The van der Waals surface area contributed by atoms with Gasteiger partial charge in [0.25, 0.3) is 5.91 Å². The summed E-state index contributed by atoms with van der Waals surface area (Å²) in [7, 11) is 0. The Balaban J connectivity index is 1.43. The standard InChI is InChI=1S/C21H18N6O3S/c22-11-16-18(15-3-1-2-8-23-15)25-21(31-16)26-19(28)14-4-5-17(24-12-14)27-9-6-13(7-10-27)20(29)30/h1-5,8,12-13H,6-7,9-10H2,(H,29,30)(H,25,26,28). The fourth-order valence-electron chi connectivity index (χ4n) is 3.36. The zero-order valence-electron chi connectivity index (χ0n) is 16.4. The Morgan fingerprint density at radius 2 is 2.00 bits per heavy atom. The highest BCUT2D eigenvalue weighted by Gasteiger charge is 2.25. The third kappa shape index (κ3) is 4.51. The number of carboxylic acid groups (broad SMARTS) is 1. The summed E-state index contributed by atoms with van der Waals surface area (Å²) in [5.74, 6) is -0.741. The third-order valence-electron chi connectivity index (χ3n) is 5.03. The number of hydrogen-bond donors (Lipinski definition) is 2. The molecule has 0 atom stereocenters. The van der Waals surface area contributed by atoms with Gasteiger partial charge in [0.2, 0.25) is 0 Å². The molecule has 1 fully saturated rings. The number of nitrogens with zero attached hydrogens (tertiary/aromatic N) is 5. The Kier molecular flexibility index (Phi) is 5.86. The van der Waals surface area contributed by atoms with Crippen molar-refractivity contribution < 1.29 is 14.7 Å². The molecule has 0 aromatic carbocycles. The maximum Gasteiger partial charge on any atom is 0.306 e. The lowest BCUT2D eigenvalue weighted by Crippen LogP contribution is -2.36. The second-order valence-electron chi connectivity index (χ2n) is 6.98. The number of aromatic nitrogens is 3. The van der Waals surface area contributed by atoms with Crippen molar-refractivity contribution in [1.82, 2.24) is 15.0 Å². The normalized spacial score (nSPS) is 14.1. The Morgan fingerprint density at radius 3 is 2.61 bits per heavy atom. The molecule has 0 bridgehead atoms. The largest absolute Gasteiger partial charge is 0.481 e. The van der Waals surface area contributed by atoms with E-state index in [4.69, 9.17) is 5.11 Å². The van der Waals surface area contributed by atoms with Crippen LogP contribution < -0.4 is 10.2 Å². The molecule has 3 aromatic rings. The summed E-state index contributed by atoms with van der Waals surface area (Å²) in [4.78, 5) is 39.0. The predicted molar refractivity (Wildman–Crippen MR) is 115 cm³/mol. The Labute approximate surface area is 182 Å². The van der Waals surface area contributed by atoms with Crippen LogP contribution >= 0.6 is 11.3 Å². The van der Waals surface area contributed by atoms with E-state index < -0.39 is 5.97 Å². The molecule has 0 spiro atoms. The molecule has 156 valence electrons. The highest BCUT2D eigenvalue weighted by Crippen LogP contribution is 2.29. The van der Waals surface area contributed by atoms with Crippen molar-refractivity contribution >= 4 is 34.2 Å². The molecule has 0 saturated carbocycles. The molecule has 10 heteroatoms. The molecule has 0 aliphatic carbocycles. The van der Waals surface area contributed by atoms with Crippen molar-refractivity contribution in [3.05, 3.63) is 53.2 Å². The fourth-order valence-corrected chi connectivity index (χ4v) is 4.12. The number of hydrogen-bond acceptors (Lipinski definition) is 8. The minimum atomic E-state index is -0.757. The van der Waals surface area contributed by atoms with E-state index in [9.17, 15) is 14.9 Å². The van der Waals surface area contributed by atoms with Gasteiger partial charge < -0.3 is 10.0 Å². The minimum Gasteiger partial charge on any atom is -0.481 e. The van der Waals surface area contributed by atoms with Gasteiger partial charge in [-0.05, 0) is 37.1 Å². The lowest BCUT2D eigenvalue weighted by molar-refractivity contribution is -0.142. The number of carbonyl (C=O) groups is 2. The molecule has 4 rings (SSSR count). The molecule has 3 aromatic heterocycles. The molecule has 0 unspecified atom stereocenters. The monoisotopic (exact) mass is 434 g/mol. The van der Waals surface area contributed by atoms with Gasteiger partial charge in [-0.25, -0.2) is 9.97 Å². The summed E-state index contributed by atoms with van der Waals surface area (Å²) in [6, 6.07) is 10.8. The lowest BCUT2D eigenvalue weighted by atomic mass is 9.97. The van der Waals surface area contributed by atoms with Gasteiger partial charge in [0.05, 0.1) is 17.2 Å². The topological polar surface area (TPSA) is 132 Å². The molecule has 1 amide bonds. The lowest BCUT2D eigenvalue weighted by Gasteiger charge is -2.30. The molecular weight excluding hydrogens is 416 g/mol. The first-order valence-corrected chi connectivity index (χ1v) is 10.4. The number of nitriles is 1. The number of amides is 1. The van der Waals surface area contributed by atoms with E-state index in [0.717, 1.165) is 11.3 Å². The summed E-state index contributed by atoms with van der Waals surface area (Å²) < 4.78 is 0. The highest BCUT2D eigenvalue weighted by atomic mass is 32.1. The molecule has 1 aliphatic rings. The first-order valence-electron chi connectivity index (χ1n) is 9.62. The second-order valence-corrected chi connectivity index (χ2v) is 7.98. The van der Waals surface area contributed by atoms with Crippen molar-refractivity contribution in [2.45, 2.75) is 12.8 Å². The summed E-state index contributed by atoms with van der Waals surface area (Å²) >= 11 is 1.08. The number of thiazole rings is 1. The van der Waals surface area contributed by atoms with Gasteiger partial charge in [0.1, 0.15) is 22.5 Å². The Bertz CT molecular complexity index is 1130. The SMILES string of the molecule is N#Cc1sc(NC(=O)c2ccc(N3CCC(C(=O)O)CC3)nc2)nc1-c1ccccn1. The van der Waals surface area contributed by atoms with Crippen LogP contribution in [0.15, 0.2) is 42.7 Å². The Hall–Kier alpha value is -3.84. The van der Waals surface area contributed by atoms with Crippen LogP contribution in [0, 0.1) is 17.2 Å². The van der Waals surface area contributed by atoms with Crippen molar-refractivity contribution in [3.8, 4) is 17.5 Å². The van der Waals surface area contributed by atoms with Gasteiger partial charge >= 0.3 is 5.97 Å². The van der Waals surface area contributed by atoms with E-state index in [2.05, 4.69) is 26.3 Å². The molecule has 31 heavy (non-hydrogen) atoms. The maximum absolute atomic E-state index is 12.6. The molecule has 1 saturated heterocycles. The first-order chi connectivity index (χ1) is 15.0. The van der Waals surface area contributed by atoms with E-state index in [1.165, 1.54) is 6.20 Å². The maximum atomic E-state index is 12.6. The molecule has 1 aliphatic heterocycles. The summed E-state index contributed by atoms with van der Waals surface area (Å²) in [6.07, 6.45) is 4.24. The smallest absolute Gasteiger partial charge is 0.306 e. The van der Waals surface area contributed by atoms with Crippen LogP contribution in [0.1, 0.15) is 28.1 Å². The van der Waals surface area contributed by atoms with Crippen molar-refractivity contribution in [2.75, 3.05) is 23.3 Å². The molecule has 0 radical (unpaired) electrons. The van der Waals surface area contributed by atoms with Crippen molar-refractivity contribution in [3.63, 3.8) is 0 Å². The van der Waals surface area contributed by atoms with E-state index in [0.29, 0.717) is 58.7 Å². The van der Waals surface area contributed by atoms with Crippen LogP contribution in [0.25, 0.3) is 11.4 Å². The molecule has 9 nitrogen and oxygen atoms in total. The number of pyridine rings is 2. The number of aliphatic carboxylic acids is 1. The van der Waals surface area contributed by atoms with Gasteiger partial charge in [-0.15, -0.1) is 0 Å². The van der Waals surface area contributed by atoms with Gasteiger partial charge in [-0.3, -0.25) is 19.9 Å². The number of rotatable bonds is 5. The quantitative estimate of drug-likeness (QED) is 0.626. The van der Waals surface area contributed by atoms with Gasteiger partial charge in [0, 0.05) is 25.5 Å². The number of anilines is 2. The second kappa shape index (κ2) is 8.89. The van der Waals surface area contributed by atoms with E-state index in [-0.39, 0.29) is 11.8 Å². The average molecular weight is 434 g/mol. The fraction of sp³-hybridized carbons (Fsp3) is 0.238. The minimum absolute atomic E-state index is 0.307. The van der Waals surface area contributed by atoms with E-state index in [1.54, 1.807) is 36.5 Å². The van der Waals surface area contributed by atoms with Crippen LogP contribution in [0.5, 0.6) is 0 Å². The van der Waals surface area contributed by atoms with Crippen LogP contribution in [0.4, 0.5) is 10.9 Å². The predicted octanol–water partition coefficient (Wildman–Crippen LogP) is 3.03. The van der Waals surface area contributed by atoms with Crippen LogP contribution in [-0.4, -0.2) is 45.0 Å². The highest BCUT2D eigenvalue weighted by molar-refractivity contribution is 7.16.